The molecule has 1 amide bonds. The number of amides is 1. The molecule has 0 saturated heterocycles. The van der Waals surface area contributed by atoms with Crippen LogP contribution in [0.5, 0.6) is 5.75 Å². The third-order valence-electron chi connectivity index (χ3n) is 2.59. The Morgan fingerprint density at radius 3 is 2.48 bits per heavy atom. The molecule has 0 atom stereocenters. The summed E-state index contributed by atoms with van der Waals surface area (Å²) in [4.78, 5) is 11.6. The summed E-state index contributed by atoms with van der Waals surface area (Å²) < 4.78 is 0.982. The van der Waals surface area contributed by atoms with Gasteiger partial charge >= 0.3 is 0 Å². The maximum absolute atomic E-state index is 11.6. The topological polar surface area (TPSA) is 73.7 Å². The van der Waals surface area contributed by atoms with Crippen molar-refractivity contribution in [3.63, 3.8) is 0 Å². The van der Waals surface area contributed by atoms with Gasteiger partial charge in [-0.1, -0.05) is 15.9 Å². The van der Waals surface area contributed by atoms with Gasteiger partial charge in [0.05, 0.1) is 12.8 Å². The van der Waals surface area contributed by atoms with E-state index in [1.807, 2.05) is 24.3 Å². The Balaban J connectivity index is 1.77. The summed E-state index contributed by atoms with van der Waals surface area (Å²) in [5.41, 5.74) is 4.07. The molecule has 0 aromatic heterocycles. The second-order valence-electron chi connectivity index (χ2n) is 4.25. The first-order chi connectivity index (χ1) is 10.1. The van der Waals surface area contributed by atoms with E-state index in [0.717, 1.165) is 15.7 Å². The quantitative estimate of drug-likeness (QED) is 0.575. The van der Waals surface area contributed by atoms with Crippen LogP contribution in [0.1, 0.15) is 5.56 Å². The summed E-state index contributed by atoms with van der Waals surface area (Å²) in [6.07, 6.45) is 1.51. The average molecular weight is 348 g/mol. The van der Waals surface area contributed by atoms with Crippen LogP contribution in [0.15, 0.2) is 58.1 Å². The number of aromatic hydroxyl groups is 1. The van der Waals surface area contributed by atoms with Gasteiger partial charge in [-0.2, -0.15) is 5.10 Å². The minimum atomic E-state index is -0.243. The number of hydrazone groups is 1. The Morgan fingerprint density at radius 2 is 1.81 bits per heavy atom. The first-order valence-electron chi connectivity index (χ1n) is 6.24. The Hall–Kier alpha value is -2.34. The summed E-state index contributed by atoms with van der Waals surface area (Å²) in [5, 5.41) is 16.0. The van der Waals surface area contributed by atoms with Crippen molar-refractivity contribution in [1.82, 2.24) is 5.43 Å². The van der Waals surface area contributed by atoms with Crippen molar-refractivity contribution < 1.29 is 9.90 Å². The van der Waals surface area contributed by atoms with Crippen molar-refractivity contribution in [3.8, 4) is 5.75 Å². The predicted octanol–water partition coefficient (Wildman–Crippen LogP) is 2.72. The number of nitrogens with one attached hydrogen (secondary N) is 2. The number of rotatable bonds is 5. The average Bonchev–Trinajstić information content (AvgIpc) is 2.49. The van der Waals surface area contributed by atoms with E-state index in [1.165, 1.54) is 6.21 Å². The first kappa shape index (κ1) is 15.1. The zero-order chi connectivity index (χ0) is 15.1. The van der Waals surface area contributed by atoms with Gasteiger partial charge in [-0.25, -0.2) is 5.43 Å². The number of benzene rings is 2. The number of nitrogens with zero attached hydrogens (tertiary/aromatic N) is 1. The van der Waals surface area contributed by atoms with Crippen molar-refractivity contribution in [2.24, 2.45) is 5.10 Å². The summed E-state index contributed by atoms with van der Waals surface area (Å²) >= 11 is 3.34. The number of halogens is 1. The van der Waals surface area contributed by atoms with E-state index >= 15 is 0 Å². The summed E-state index contributed by atoms with van der Waals surface area (Å²) in [6.45, 7) is 0.133. The molecular weight excluding hydrogens is 334 g/mol. The molecule has 2 aromatic rings. The van der Waals surface area contributed by atoms with Crippen LogP contribution in [0.25, 0.3) is 0 Å². The zero-order valence-electron chi connectivity index (χ0n) is 11.1. The van der Waals surface area contributed by atoms with Crippen LogP contribution >= 0.6 is 15.9 Å². The maximum Gasteiger partial charge on any atom is 0.259 e. The molecule has 3 N–H and O–H groups in total. The van der Waals surface area contributed by atoms with Gasteiger partial charge in [0.25, 0.3) is 5.91 Å². The van der Waals surface area contributed by atoms with Crippen molar-refractivity contribution in [1.29, 1.82) is 0 Å². The van der Waals surface area contributed by atoms with Gasteiger partial charge < -0.3 is 10.4 Å². The van der Waals surface area contributed by atoms with E-state index in [2.05, 4.69) is 31.8 Å². The lowest BCUT2D eigenvalue weighted by atomic mass is 10.2. The highest BCUT2D eigenvalue weighted by molar-refractivity contribution is 9.10. The zero-order valence-corrected chi connectivity index (χ0v) is 12.7. The van der Waals surface area contributed by atoms with E-state index in [9.17, 15) is 4.79 Å². The monoisotopic (exact) mass is 347 g/mol. The molecule has 0 unspecified atom stereocenters. The molecule has 0 spiro atoms. The second-order valence-corrected chi connectivity index (χ2v) is 5.16. The highest BCUT2D eigenvalue weighted by Crippen LogP contribution is 2.13. The van der Waals surface area contributed by atoms with Crippen molar-refractivity contribution in [3.05, 3.63) is 58.6 Å². The fourth-order valence-electron chi connectivity index (χ4n) is 1.53. The minimum absolute atomic E-state index is 0.133. The molecule has 0 bridgehead atoms. The Morgan fingerprint density at radius 1 is 1.14 bits per heavy atom. The Kier molecular flexibility index (Phi) is 5.34. The van der Waals surface area contributed by atoms with Crippen molar-refractivity contribution >= 4 is 33.7 Å². The van der Waals surface area contributed by atoms with E-state index in [0.29, 0.717) is 0 Å². The number of phenolic OH excluding ortho intramolecular Hbond substituents is 1. The lowest BCUT2D eigenvalue weighted by Crippen LogP contribution is -2.25. The number of hydrogen-bond acceptors (Lipinski definition) is 4. The van der Waals surface area contributed by atoms with Gasteiger partial charge in [-0.3, -0.25) is 4.79 Å². The summed E-state index contributed by atoms with van der Waals surface area (Å²) in [7, 11) is 0. The van der Waals surface area contributed by atoms with Crippen LogP contribution in [0, 0.1) is 0 Å². The fraction of sp³-hybridized carbons (Fsp3) is 0.0667. The molecule has 108 valence electrons. The minimum Gasteiger partial charge on any atom is -0.508 e. The summed E-state index contributed by atoms with van der Waals surface area (Å²) in [5.74, 6) is -0.0529. The van der Waals surface area contributed by atoms with Gasteiger partial charge in [0, 0.05) is 10.2 Å². The molecule has 0 aliphatic carbocycles. The number of carbonyl (C=O) groups is 1. The molecule has 5 nitrogen and oxygen atoms in total. The molecule has 0 saturated carbocycles. The van der Waals surface area contributed by atoms with E-state index in [-0.39, 0.29) is 18.2 Å². The molecule has 21 heavy (non-hydrogen) atoms. The van der Waals surface area contributed by atoms with E-state index in [1.54, 1.807) is 24.3 Å². The van der Waals surface area contributed by atoms with Crippen LogP contribution in [-0.4, -0.2) is 23.8 Å². The molecule has 0 heterocycles. The number of hydrogen-bond donors (Lipinski definition) is 3. The third-order valence-corrected chi connectivity index (χ3v) is 3.12. The normalized spacial score (nSPS) is 10.5. The van der Waals surface area contributed by atoms with Gasteiger partial charge in [0.2, 0.25) is 0 Å². The first-order valence-corrected chi connectivity index (χ1v) is 7.03. The number of carbonyl (C=O) groups excluding carboxylic acids is 1. The third kappa shape index (κ3) is 5.27. The van der Waals surface area contributed by atoms with Crippen LogP contribution in [0.3, 0.4) is 0 Å². The van der Waals surface area contributed by atoms with Crippen molar-refractivity contribution in [2.45, 2.75) is 0 Å². The molecule has 0 radical (unpaired) electrons. The van der Waals surface area contributed by atoms with E-state index < -0.39 is 0 Å². The number of anilines is 1. The SMILES string of the molecule is O=C(CNc1ccc(Br)cc1)NN=Cc1ccc(O)cc1. The number of phenols is 1. The molecule has 6 heteroatoms. The summed E-state index contributed by atoms with van der Waals surface area (Å²) in [6, 6.07) is 14.0. The Labute approximate surface area is 130 Å². The smallest absolute Gasteiger partial charge is 0.259 e. The maximum atomic E-state index is 11.6. The van der Waals surface area contributed by atoms with Gasteiger partial charge in [0.1, 0.15) is 5.75 Å². The highest BCUT2D eigenvalue weighted by atomic mass is 79.9. The lowest BCUT2D eigenvalue weighted by molar-refractivity contribution is -0.119. The Bertz CT molecular complexity index is 624. The molecule has 0 aliphatic rings. The lowest BCUT2D eigenvalue weighted by Gasteiger charge is -2.05. The second kappa shape index (κ2) is 7.44. The van der Waals surface area contributed by atoms with Gasteiger partial charge in [0.15, 0.2) is 0 Å². The standard InChI is InChI=1S/C15H14BrN3O2/c16-12-3-5-13(6-4-12)17-10-15(21)19-18-9-11-1-7-14(20)8-2-11/h1-9,17,20H,10H2,(H,19,21). The largest absolute Gasteiger partial charge is 0.508 e. The van der Waals surface area contributed by atoms with Gasteiger partial charge in [-0.05, 0) is 54.1 Å². The molecule has 0 aliphatic heterocycles. The molecular formula is C15H14BrN3O2. The molecule has 0 fully saturated rings. The highest BCUT2D eigenvalue weighted by Gasteiger charge is 1.99. The van der Waals surface area contributed by atoms with Crippen LogP contribution < -0.4 is 10.7 Å². The van der Waals surface area contributed by atoms with Crippen molar-refractivity contribution in [2.75, 3.05) is 11.9 Å². The van der Waals surface area contributed by atoms with Gasteiger partial charge in [-0.15, -0.1) is 0 Å². The van der Waals surface area contributed by atoms with E-state index in [4.69, 9.17) is 5.11 Å². The van der Waals surface area contributed by atoms with Crippen LogP contribution in [0.4, 0.5) is 5.69 Å². The molecule has 2 aromatic carbocycles. The molecule has 2 rings (SSSR count). The predicted molar refractivity (Wildman–Crippen MR) is 86.5 cm³/mol. The van der Waals surface area contributed by atoms with Crippen LogP contribution in [0.2, 0.25) is 0 Å². The fourth-order valence-corrected chi connectivity index (χ4v) is 1.79. The van der Waals surface area contributed by atoms with Crippen LogP contribution in [-0.2, 0) is 4.79 Å².